The number of nitrogens with zero attached hydrogens (tertiary/aromatic N) is 2. The second-order valence-electron chi connectivity index (χ2n) is 3.27. The van der Waals surface area contributed by atoms with Crippen LogP contribution in [0.4, 0.5) is 0 Å². The Kier molecular flexibility index (Phi) is 2.90. The van der Waals surface area contributed by atoms with Gasteiger partial charge in [-0.2, -0.15) is 28.0 Å². The molecule has 6 heteroatoms. The van der Waals surface area contributed by atoms with Gasteiger partial charge in [0.1, 0.15) is 17.1 Å². The summed E-state index contributed by atoms with van der Waals surface area (Å²) >= 11 is 3.92. The largest absolute Gasteiger partial charge is 0.389 e. The third-order valence-electron chi connectivity index (χ3n) is 2.23. The highest BCUT2D eigenvalue weighted by molar-refractivity contribution is 7.80. The number of aromatic nitrogens is 3. The van der Waals surface area contributed by atoms with Gasteiger partial charge in [0.25, 0.3) is 0 Å². The number of aliphatic hydroxyl groups is 2. The maximum Gasteiger partial charge on any atom is 0.113 e. The molecule has 0 amide bonds. The topological polar surface area (TPSA) is 82.0 Å². The first-order valence-electron chi connectivity index (χ1n) is 4.50. The van der Waals surface area contributed by atoms with E-state index in [0.717, 1.165) is 5.52 Å². The minimum Gasteiger partial charge on any atom is -0.389 e. The molecule has 0 fully saturated rings. The van der Waals surface area contributed by atoms with Gasteiger partial charge in [0.2, 0.25) is 0 Å². The van der Waals surface area contributed by atoms with Crippen molar-refractivity contribution in [3.8, 4) is 0 Å². The van der Waals surface area contributed by atoms with Gasteiger partial charge in [-0.3, -0.25) is 0 Å². The summed E-state index contributed by atoms with van der Waals surface area (Å²) < 4.78 is 0. The number of fused-ring (bicyclic) bond motifs is 1. The van der Waals surface area contributed by atoms with E-state index in [9.17, 15) is 10.2 Å². The number of benzene rings is 1. The van der Waals surface area contributed by atoms with Crippen molar-refractivity contribution < 1.29 is 10.2 Å². The van der Waals surface area contributed by atoms with Crippen LogP contribution in [0.3, 0.4) is 0 Å². The van der Waals surface area contributed by atoms with Crippen molar-refractivity contribution >= 4 is 23.7 Å². The van der Waals surface area contributed by atoms with Crippen LogP contribution in [0.25, 0.3) is 11.0 Å². The molecule has 2 atom stereocenters. The van der Waals surface area contributed by atoms with Crippen LogP contribution in [0.15, 0.2) is 18.2 Å². The number of hydrogen-bond acceptors (Lipinski definition) is 5. The Morgan fingerprint density at radius 3 is 2.73 bits per heavy atom. The Morgan fingerprint density at radius 2 is 2.00 bits per heavy atom. The number of aliphatic hydroxyl groups excluding tert-OH is 2. The Hall–Kier alpha value is -1.11. The standard InChI is InChI=1S/C9H11N3O2S/c13-8(4-15)9(14)5-1-2-6-7(3-5)11-12-10-6/h1-3,8-9,13-15H,4H2,(H,10,11,12). The maximum atomic E-state index is 9.73. The van der Waals surface area contributed by atoms with Gasteiger partial charge in [-0.1, -0.05) is 6.07 Å². The minimum atomic E-state index is -0.941. The summed E-state index contributed by atoms with van der Waals surface area (Å²) in [6, 6.07) is 5.14. The molecule has 0 saturated heterocycles. The number of nitrogens with one attached hydrogen (secondary N) is 1. The summed E-state index contributed by atoms with van der Waals surface area (Å²) in [6.07, 6.45) is -1.82. The lowest BCUT2D eigenvalue weighted by Gasteiger charge is -2.15. The smallest absolute Gasteiger partial charge is 0.113 e. The van der Waals surface area contributed by atoms with Crippen LogP contribution in [0, 0.1) is 0 Å². The van der Waals surface area contributed by atoms with Gasteiger partial charge in [0, 0.05) is 5.75 Å². The molecule has 2 rings (SSSR count). The average Bonchev–Trinajstić information content (AvgIpc) is 2.73. The first-order valence-corrected chi connectivity index (χ1v) is 5.13. The lowest BCUT2D eigenvalue weighted by atomic mass is 10.0. The number of H-pyrrole nitrogens is 1. The van der Waals surface area contributed by atoms with E-state index in [0.29, 0.717) is 11.1 Å². The molecule has 15 heavy (non-hydrogen) atoms. The quantitative estimate of drug-likeness (QED) is 0.566. The zero-order chi connectivity index (χ0) is 10.8. The number of aromatic amines is 1. The Labute approximate surface area is 91.5 Å². The molecule has 3 N–H and O–H groups in total. The molecule has 1 aromatic carbocycles. The predicted octanol–water partition coefficient (Wildman–Crippen LogP) is 0.282. The molecule has 80 valence electrons. The molecule has 1 aromatic heterocycles. The zero-order valence-corrected chi connectivity index (χ0v) is 8.72. The van der Waals surface area contributed by atoms with Crippen molar-refractivity contribution in [2.75, 3.05) is 5.75 Å². The Bertz CT molecular complexity index is 459. The molecular formula is C9H11N3O2S. The molecule has 0 saturated carbocycles. The second kappa shape index (κ2) is 4.18. The summed E-state index contributed by atoms with van der Waals surface area (Å²) in [5, 5.41) is 29.4. The third kappa shape index (κ3) is 1.97. The second-order valence-corrected chi connectivity index (χ2v) is 3.63. The molecule has 5 nitrogen and oxygen atoms in total. The van der Waals surface area contributed by atoms with Crippen molar-refractivity contribution in [2.24, 2.45) is 0 Å². The molecule has 0 aliphatic heterocycles. The monoisotopic (exact) mass is 225 g/mol. The lowest BCUT2D eigenvalue weighted by Crippen LogP contribution is -2.19. The molecule has 0 aliphatic carbocycles. The molecule has 0 bridgehead atoms. The van der Waals surface area contributed by atoms with Gasteiger partial charge in [0.15, 0.2) is 0 Å². The van der Waals surface area contributed by atoms with Crippen LogP contribution in [-0.4, -0.2) is 37.5 Å². The molecular weight excluding hydrogens is 214 g/mol. The van der Waals surface area contributed by atoms with Crippen LogP contribution in [0.2, 0.25) is 0 Å². The van der Waals surface area contributed by atoms with Crippen molar-refractivity contribution in [3.05, 3.63) is 23.8 Å². The van der Waals surface area contributed by atoms with Gasteiger partial charge < -0.3 is 10.2 Å². The SMILES string of the molecule is OC(CS)C(O)c1ccc2n[nH]nc2c1. The van der Waals surface area contributed by atoms with Crippen molar-refractivity contribution in [2.45, 2.75) is 12.2 Å². The van der Waals surface area contributed by atoms with Gasteiger partial charge in [-0.05, 0) is 17.7 Å². The van der Waals surface area contributed by atoms with Crippen LogP contribution in [0.1, 0.15) is 11.7 Å². The zero-order valence-electron chi connectivity index (χ0n) is 7.83. The highest BCUT2D eigenvalue weighted by Gasteiger charge is 2.17. The van der Waals surface area contributed by atoms with E-state index in [1.807, 2.05) is 0 Å². The van der Waals surface area contributed by atoms with Gasteiger partial charge >= 0.3 is 0 Å². The van der Waals surface area contributed by atoms with E-state index < -0.39 is 12.2 Å². The van der Waals surface area contributed by atoms with Crippen LogP contribution in [0.5, 0.6) is 0 Å². The summed E-state index contributed by atoms with van der Waals surface area (Å²) in [7, 11) is 0. The van der Waals surface area contributed by atoms with E-state index in [4.69, 9.17) is 0 Å². The predicted molar refractivity (Wildman–Crippen MR) is 58.7 cm³/mol. The van der Waals surface area contributed by atoms with E-state index in [1.54, 1.807) is 18.2 Å². The summed E-state index contributed by atoms with van der Waals surface area (Å²) in [5.41, 5.74) is 2.00. The number of hydrogen-bond donors (Lipinski definition) is 4. The fourth-order valence-corrected chi connectivity index (χ4v) is 1.56. The van der Waals surface area contributed by atoms with Gasteiger partial charge in [0.05, 0.1) is 6.10 Å². The van der Waals surface area contributed by atoms with Crippen molar-refractivity contribution in [1.29, 1.82) is 0 Å². The van der Waals surface area contributed by atoms with E-state index >= 15 is 0 Å². The van der Waals surface area contributed by atoms with E-state index in [1.165, 1.54) is 0 Å². The van der Waals surface area contributed by atoms with Crippen LogP contribution < -0.4 is 0 Å². The average molecular weight is 225 g/mol. The normalized spacial score (nSPS) is 15.4. The van der Waals surface area contributed by atoms with Crippen LogP contribution in [-0.2, 0) is 0 Å². The number of thiol groups is 1. The fraction of sp³-hybridized carbons (Fsp3) is 0.333. The lowest BCUT2D eigenvalue weighted by molar-refractivity contribution is 0.0338. The third-order valence-corrected chi connectivity index (χ3v) is 2.61. The summed E-state index contributed by atoms with van der Waals surface area (Å²) in [5.74, 6) is 0.206. The number of rotatable bonds is 3. The molecule has 1 heterocycles. The van der Waals surface area contributed by atoms with E-state index in [2.05, 4.69) is 28.0 Å². The molecule has 0 radical (unpaired) electrons. The molecule has 2 unspecified atom stereocenters. The van der Waals surface area contributed by atoms with Crippen molar-refractivity contribution in [1.82, 2.24) is 15.4 Å². The molecule has 0 spiro atoms. The van der Waals surface area contributed by atoms with Gasteiger partial charge in [-0.25, -0.2) is 0 Å². The first-order chi connectivity index (χ1) is 7.22. The fourth-order valence-electron chi connectivity index (χ4n) is 1.36. The highest BCUT2D eigenvalue weighted by atomic mass is 32.1. The summed E-state index contributed by atoms with van der Waals surface area (Å²) in [6.45, 7) is 0. The Balaban J connectivity index is 2.35. The van der Waals surface area contributed by atoms with Crippen LogP contribution >= 0.6 is 12.6 Å². The highest BCUT2D eigenvalue weighted by Crippen LogP contribution is 2.20. The minimum absolute atomic E-state index is 0.206. The Morgan fingerprint density at radius 1 is 1.27 bits per heavy atom. The van der Waals surface area contributed by atoms with E-state index in [-0.39, 0.29) is 5.75 Å². The summed E-state index contributed by atoms with van der Waals surface area (Å²) in [4.78, 5) is 0. The molecule has 0 aliphatic rings. The van der Waals surface area contributed by atoms with Gasteiger partial charge in [-0.15, -0.1) is 0 Å². The molecule has 2 aromatic rings. The first kappa shape index (κ1) is 10.4. The maximum absolute atomic E-state index is 9.73. The van der Waals surface area contributed by atoms with Crippen molar-refractivity contribution in [3.63, 3.8) is 0 Å².